The minimum absolute atomic E-state index is 0.338. The monoisotopic (exact) mass is 384 g/mol. The van der Waals surface area contributed by atoms with Gasteiger partial charge in [-0.1, -0.05) is 38.9 Å². The van der Waals surface area contributed by atoms with Crippen LogP contribution in [0.25, 0.3) is 0 Å². The van der Waals surface area contributed by atoms with Gasteiger partial charge in [0.1, 0.15) is 13.7 Å². The number of terminal acetylenes is 1. The summed E-state index contributed by atoms with van der Waals surface area (Å²) in [6.07, 6.45) is 8.31. The fourth-order valence-electron chi connectivity index (χ4n) is 2.06. The Morgan fingerprint density at radius 2 is 1.42 bits per heavy atom. The van der Waals surface area contributed by atoms with Crippen LogP contribution in [0.5, 0.6) is 0 Å². The number of aliphatic hydroxyl groups is 1. The van der Waals surface area contributed by atoms with Gasteiger partial charge in [-0.05, 0) is 52.1 Å². The largest absolute Gasteiger partial charge is 0.456 e. The molecule has 0 aliphatic carbocycles. The molecular formula is C19H40O2Si3. The summed E-state index contributed by atoms with van der Waals surface area (Å²) in [4.78, 5) is 0. The van der Waals surface area contributed by atoms with Gasteiger partial charge in [-0.3, -0.25) is 0 Å². The summed E-state index contributed by atoms with van der Waals surface area (Å²) in [5.74, 6) is 5.51. The maximum absolute atomic E-state index is 10.2. The van der Waals surface area contributed by atoms with Crippen molar-refractivity contribution in [2.24, 2.45) is 0 Å². The van der Waals surface area contributed by atoms with Crippen LogP contribution in [0.1, 0.15) is 32.6 Å². The zero-order valence-corrected chi connectivity index (χ0v) is 20.8. The van der Waals surface area contributed by atoms with Crippen molar-refractivity contribution >= 4 is 24.7 Å². The van der Waals surface area contributed by atoms with Crippen molar-refractivity contribution in [1.82, 2.24) is 0 Å². The van der Waals surface area contributed by atoms with E-state index >= 15 is 0 Å². The average molecular weight is 385 g/mol. The first-order valence-corrected chi connectivity index (χ1v) is 19.3. The molecule has 0 aliphatic heterocycles. The Hall–Kier alpha value is -0.309. The molecule has 0 saturated carbocycles. The lowest BCUT2D eigenvalue weighted by Gasteiger charge is -2.27. The van der Waals surface area contributed by atoms with E-state index in [-0.39, 0.29) is 0 Å². The van der Waals surface area contributed by atoms with Crippen molar-refractivity contribution in [3.8, 4) is 23.8 Å². The first kappa shape index (κ1) is 25.9. The minimum atomic E-state index is -1.42. The predicted molar refractivity (Wildman–Crippen MR) is 117 cm³/mol. The van der Waals surface area contributed by atoms with E-state index in [9.17, 15) is 5.11 Å². The Balaban J connectivity index is 0. The van der Waals surface area contributed by atoms with E-state index in [1.54, 1.807) is 0 Å². The zero-order chi connectivity index (χ0) is 19.7. The average Bonchev–Trinajstić information content (AvgIpc) is 2.30. The molecule has 0 bridgehead atoms. The Kier molecular flexibility index (Phi) is 11.5. The van der Waals surface area contributed by atoms with Crippen LogP contribution >= 0.6 is 0 Å². The van der Waals surface area contributed by atoms with Crippen LogP contribution in [0.2, 0.25) is 58.9 Å². The number of unbranched alkanes of at least 4 members (excludes halogenated alkanes) is 1. The maximum atomic E-state index is 10.2. The molecule has 0 aromatic heterocycles. The molecule has 0 aromatic carbocycles. The molecule has 24 heavy (non-hydrogen) atoms. The molecule has 0 fully saturated rings. The molecule has 1 atom stereocenters. The van der Waals surface area contributed by atoms with Gasteiger partial charge in [-0.2, -0.15) is 0 Å². The van der Waals surface area contributed by atoms with Gasteiger partial charge in [0.15, 0.2) is 16.6 Å². The highest BCUT2D eigenvalue weighted by molar-refractivity contribution is 6.84. The zero-order valence-electron chi connectivity index (χ0n) is 17.8. The molecule has 0 radical (unpaired) electrons. The topological polar surface area (TPSA) is 29.5 Å². The van der Waals surface area contributed by atoms with E-state index in [0.717, 1.165) is 12.8 Å². The van der Waals surface area contributed by atoms with E-state index in [1.165, 1.54) is 0 Å². The fourth-order valence-corrected chi connectivity index (χ4v) is 10.0. The van der Waals surface area contributed by atoms with Gasteiger partial charge in [-0.15, -0.1) is 17.9 Å². The van der Waals surface area contributed by atoms with Crippen LogP contribution in [0.4, 0.5) is 0 Å². The van der Waals surface area contributed by atoms with Gasteiger partial charge >= 0.3 is 0 Å². The molecule has 0 aromatic rings. The van der Waals surface area contributed by atoms with E-state index in [2.05, 4.69) is 83.2 Å². The first-order valence-electron chi connectivity index (χ1n) is 8.94. The minimum Gasteiger partial charge on any atom is -0.456 e. The van der Waals surface area contributed by atoms with Crippen LogP contribution in [0, 0.1) is 23.8 Å². The number of hydrogen-bond donors (Lipinski definition) is 1. The SMILES string of the molecule is C#CCC(O)(C#C[Si](C)(C)C)CCCC.C[Si](C)(C)O[Si](C)(C)C. The van der Waals surface area contributed by atoms with Gasteiger partial charge < -0.3 is 9.22 Å². The Bertz CT molecular complexity index is 439. The number of rotatable bonds is 6. The highest BCUT2D eigenvalue weighted by Gasteiger charge is 2.24. The third kappa shape index (κ3) is 19.7. The van der Waals surface area contributed by atoms with Crippen LogP contribution in [0.15, 0.2) is 0 Å². The smallest absolute Gasteiger partial charge is 0.170 e. The highest BCUT2D eigenvalue weighted by Crippen LogP contribution is 2.17. The summed E-state index contributed by atoms with van der Waals surface area (Å²) < 4.78 is 5.90. The molecule has 0 saturated heterocycles. The molecule has 1 unspecified atom stereocenters. The molecule has 0 amide bonds. The molecule has 0 rings (SSSR count). The normalized spacial score (nSPS) is 14.4. The van der Waals surface area contributed by atoms with E-state index in [0.29, 0.717) is 12.8 Å². The molecule has 0 heterocycles. The van der Waals surface area contributed by atoms with E-state index in [1.807, 2.05) is 0 Å². The van der Waals surface area contributed by atoms with E-state index in [4.69, 9.17) is 10.5 Å². The summed E-state index contributed by atoms with van der Waals surface area (Å²) in [6.45, 7) is 22.0. The van der Waals surface area contributed by atoms with Crippen LogP contribution < -0.4 is 0 Å². The lowest BCUT2D eigenvalue weighted by molar-refractivity contribution is 0.0947. The summed E-state index contributed by atoms with van der Waals surface area (Å²) in [6, 6.07) is 0. The summed E-state index contributed by atoms with van der Waals surface area (Å²) >= 11 is 0. The highest BCUT2D eigenvalue weighted by atomic mass is 28.4. The van der Waals surface area contributed by atoms with Gasteiger partial charge in [0.2, 0.25) is 0 Å². The lowest BCUT2D eigenvalue weighted by atomic mass is 9.94. The van der Waals surface area contributed by atoms with Gasteiger partial charge in [0.25, 0.3) is 0 Å². The van der Waals surface area contributed by atoms with Crippen molar-refractivity contribution in [1.29, 1.82) is 0 Å². The second-order valence-corrected chi connectivity index (χ2v) is 23.4. The lowest BCUT2D eigenvalue weighted by Crippen LogP contribution is -2.39. The second kappa shape index (κ2) is 10.6. The van der Waals surface area contributed by atoms with Crippen LogP contribution in [-0.2, 0) is 4.12 Å². The van der Waals surface area contributed by atoms with Crippen molar-refractivity contribution in [2.45, 2.75) is 97.1 Å². The summed E-state index contributed by atoms with van der Waals surface area (Å²) in [5, 5.41) is 10.2. The molecule has 2 nitrogen and oxygen atoms in total. The summed E-state index contributed by atoms with van der Waals surface area (Å²) in [5.41, 5.74) is 2.25. The van der Waals surface area contributed by atoms with Crippen molar-refractivity contribution in [3.63, 3.8) is 0 Å². The maximum Gasteiger partial charge on any atom is 0.170 e. The molecule has 140 valence electrons. The van der Waals surface area contributed by atoms with Crippen molar-refractivity contribution in [3.05, 3.63) is 0 Å². The Morgan fingerprint density at radius 3 is 1.67 bits per heavy atom. The second-order valence-electron chi connectivity index (χ2n) is 9.34. The molecule has 0 spiro atoms. The molecule has 1 N–H and O–H groups in total. The molecule has 5 heteroatoms. The fraction of sp³-hybridized carbons (Fsp3) is 0.789. The molecular weight excluding hydrogens is 344 g/mol. The summed E-state index contributed by atoms with van der Waals surface area (Å²) in [7, 11) is -3.89. The third-order valence-electron chi connectivity index (χ3n) is 2.62. The van der Waals surface area contributed by atoms with Crippen molar-refractivity contribution < 1.29 is 9.22 Å². The standard InChI is InChI=1S/C13H22OSi.C6H18OSi2/c1-6-8-10-13(14,9-7-2)11-12-15(3,4)5;1-8(2,3)7-9(4,5)6/h2,14H,6,8-10H2,1,3-5H3;1-6H3. The van der Waals surface area contributed by atoms with Crippen molar-refractivity contribution in [2.75, 3.05) is 0 Å². The first-order chi connectivity index (χ1) is 10.5. The molecule has 0 aliphatic rings. The van der Waals surface area contributed by atoms with Gasteiger partial charge in [-0.25, -0.2) is 0 Å². The van der Waals surface area contributed by atoms with Gasteiger partial charge in [0.05, 0.1) is 0 Å². The van der Waals surface area contributed by atoms with Crippen LogP contribution in [0.3, 0.4) is 0 Å². The Labute approximate surface area is 155 Å². The Morgan fingerprint density at radius 1 is 0.958 bits per heavy atom. The number of hydrogen-bond acceptors (Lipinski definition) is 2. The van der Waals surface area contributed by atoms with E-state index < -0.39 is 30.3 Å². The van der Waals surface area contributed by atoms with Gasteiger partial charge in [0, 0.05) is 6.42 Å². The quantitative estimate of drug-likeness (QED) is 0.485. The van der Waals surface area contributed by atoms with Crippen LogP contribution in [-0.4, -0.2) is 35.4 Å². The predicted octanol–water partition coefficient (Wildman–Crippen LogP) is 5.48. The third-order valence-corrected chi connectivity index (χ3v) is 8.39.